The van der Waals surface area contributed by atoms with Crippen molar-refractivity contribution in [2.75, 3.05) is 7.11 Å². The highest BCUT2D eigenvalue weighted by atomic mass is 32.1. The molecule has 0 amide bonds. The Labute approximate surface area is 79.4 Å². The fourth-order valence-electron chi connectivity index (χ4n) is 0.958. The number of ether oxygens (including phenoxy) is 1. The molecule has 2 heterocycles. The van der Waals surface area contributed by atoms with Crippen LogP contribution >= 0.6 is 11.5 Å². The molecule has 0 bridgehead atoms. The second-order valence-electron chi connectivity index (χ2n) is 2.34. The molecule has 0 radical (unpaired) electrons. The molecule has 13 heavy (non-hydrogen) atoms. The smallest absolute Gasteiger partial charge is 0.213 e. The summed E-state index contributed by atoms with van der Waals surface area (Å²) in [7, 11) is 1.58. The quantitative estimate of drug-likeness (QED) is 0.727. The first-order valence-electron chi connectivity index (χ1n) is 3.67. The SMILES string of the molecule is COc1cc(-c2ncsn2)ccn1. The summed E-state index contributed by atoms with van der Waals surface area (Å²) in [5.41, 5.74) is 2.62. The van der Waals surface area contributed by atoms with Crippen LogP contribution in [0.3, 0.4) is 0 Å². The minimum Gasteiger partial charge on any atom is -0.481 e. The number of aromatic nitrogens is 3. The lowest BCUT2D eigenvalue weighted by atomic mass is 10.2. The van der Waals surface area contributed by atoms with Crippen LogP contribution < -0.4 is 4.74 Å². The van der Waals surface area contributed by atoms with Gasteiger partial charge in [0.25, 0.3) is 0 Å². The van der Waals surface area contributed by atoms with Crippen molar-refractivity contribution in [1.29, 1.82) is 0 Å². The van der Waals surface area contributed by atoms with Gasteiger partial charge in [-0.1, -0.05) is 0 Å². The van der Waals surface area contributed by atoms with Crippen LogP contribution in [-0.4, -0.2) is 21.5 Å². The van der Waals surface area contributed by atoms with E-state index in [0.29, 0.717) is 11.7 Å². The third-order valence-corrected chi connectivity index (χ3v) is 2.04. The molecule has 0 N–H and O–H groups in total. The third kappa shape index (κ3) is 1.65. The predicted octanol–water partition coefficient (Wildman–Crippen LogP) is 1.61. The Bertz CT molecular complexity index is 388. The molecule has 2 aromatic heterocycles. The molecule has 0 atom stereocenters. The Balaban J connectivity index is 2.41. The number of hydrogen-bond acceptors (Lipinski definition) is 5. The van der Waals surface area contributed by atoms with E-state index in [2.05, 4.69) is 14.3 Å². The maximum Gasteiger partial charge on any atom is 0.213 e. The highest BCUT2D eigenvalue weighted by molar-refractivity contribution is 7.03. The van der Waals surface area contributed by atoms with E-state index in [1.54, 1.807) is 18.8 Å². The second-order valence-corrected chi connectivity index (χ2v) is 2.95. The molecule has 2 rings (SSSR count). The zero-order valence-electron chi connectivity index (χ0n) is 6.97. The highest BCUT2D eigenvalue weighted by Gasteiger charge is 2.02. The highest BCUT2D eigenvalue weighted by Crippen LogP contribution is 2.18. The van der Waals surface area contributed by atoms with Gasteiger partial charge in [-0.25, -0.2) is 9.97 Å². The Morgan fingerprint density at radius 2 is 2.31 bits per heavy atom. The molecule has 0 spiro atoms. The van der Waals surface area contributed by atoms with Crippen LogP contribution in [0.25, 0.3) is 11.4 Å². The third-order valence-electron chi connectivity index (χ3n) is 1.56. The molecule has 5 heteroatoms. The first kappa shape index (κ1) is 8.12. The fourth-order valence-corrected chi connectivity index (χ4v) is 1.40. The first-order chi connectivity index (χ1) is 6.40. The van der Waals surface area contributed by atoms with Crippen LogP contribution in [0.1, 0.15) is 0 Å². The number of methoxy groups -OCH3 is 1. The van der Waals surface area contributed by atoms with Gasteiger partial charge in [0.2, 0.25) is 5.88 Å². The Morgan fingerprint density at radius 1 is 1.38 bits per heavy atom. The maximum absolute atomic E-state index is 4.99. The molecule has 2 aromatic rings. The van der Waals surface area contributed by atoms with E-state index in [-0.39, 0.29) is 0 Å². The number of pyridine rings is 1. The lowest BCUT2D eigenvalue weighted by Crippen LogP contribution is -1.88. The van der Waals surface area contributed by atoms with Gasteiger partial charge in [0.1, 0.15) is 5.51 Å². The number of nitrogens with zero attached hydrogens (tertiary/aromatic N) is 3. The summed E-state index contributed by atoms with van der Waals surface area (Å²) in [4.78, 5) is 8.08. The summed E-state index contributed by atoms with van der Waals surface area (Å²) in [5.74, 6) is 1.29. The van der Waals surface area contributed by atoms with Gasteiger partial charge >= 0.3 is 0 Å². The molecular weight excluding hydrogens is 186 g/mol. The van der Waals surface area contributed by atoms with Crippen LogP contribution in [0.15, 0.2) is 23.8 Å². The molecule has 0 unspecified atom stereocenters. The fraction of sp³-hybridized carbons (Fsp3) is 0.125. The van der Waals surface area contributed by atoms with Crippen molar-refractivity contribution in [3.63, 3.8) is 0 Å². The molecule has 0 aromatic carbocycles. The Kier molecular flexibility index (Phi) is 2.18. The van der Waals surface area contributed by atoms with Crippen molar-refractivity contribution in [3.8, 4) is 17.3 Å². The number of hydrogen-bond donors (Lipinski definition) is 0. The lowest BCUT2D eigenvalue weighted by molar-refractivity contribution is 0.398. The minimum absolute atomic E-state index is 0.576. The normalized spacial score (nSPS) is 9.92. The van der Waals surface area contributed by atoms with Crippen molar-refractivity contribution in [2.24, 2.45) is 0 Å². The molecule has 4 nitrogen and oxygen atoms in total. The predicted molar refractivity (Wildman–Crippen MR) is 49.7 cm³/mol. The van der Waals surface area contributed by atoms with Gasteiger partial charge < -0.3 is 4.74 Å². The van der Waals surface area contributed by atoms with Gasteiger partial charge in [0, 0.05) is 17.8 Å². The van der Waals surface area contributed by atoms with Crippen LogP contribution in [0.4, 0.5) is 0 Å². The molecule has 66 valence electrons. The van der Waals surface area contributed by atoms with Gasteiger partial charge in [0.05, 0.1) is 7.11 Å². The van der Waals surface area contributed by atoms with Crippen molar-refractivity contribution in [1.82, 2.24) is 14.3 Å². The minimum atomic E-state index is 0.576. The lowest BCUT2D eigenvalue weighted by Gasteiger charge is -1.98. The standard InChI is InChI=1S/C8H7N3OS/c1-12-7-4-6(2-3-9-7)8-10-5-13-11-8/h2-5H,1H3. The summed E-state index contributed by atoms with van der Waals surface area (Å²) in [6, 6.07) is 3.66. The van der Waals surface area contributed by atoms with E-state index in [4.69, 9.17) is 4.74 Å². The Morgan fingerprint density at radius 3 is 3.00 bits per heavy atom. The van der Waals surface area contributed by atoms with Crippen molar-refractivity contribution in [2.45, 2.75) is 0 Å². The molecule has 0 fully saturated rings. The monoisotopic (exact) mass is 193 g/mol. The van der Waals surface area contributed by atoms with Gasteiger partial charge in [-0.3, -0.25) is 0 Å². The van der Waals surface area contributed by atoms with Crippen molar-refractivity contribution >= 4 is 11.5 Å². The van der Waals surface area contributed by atoms with E-state index >= 15 is 0 Å². The van der Waals surface area contributed by atoms with Crippen molar-refractivity contribution in [3.05, 3.63) is 23.8 Å². The number of rotatable bonds is 2. The first-order valence-corrected chi connectivity index (χ1v) is 4.50. The zero-order chi connectivity index (χ0) is 9.10. The van der Waals surface area contributed by atoms with Gasteiger partial charge in [-0.2, -0.15) is 4.37 Å². The summed E-state index contributed by atoms with van der Waals surface area (Å²) in [6.07, 6.45) is 1.68. The van der Waals surface area contributed by atoms with Crippen molar-refractivity contribution < 1.29 is 4.74 Å². The van der Waals surface area contributed by atoms with E-state index in [0.717, 1.165) is 5.56 Å². The molecule has 0 saturated heterocycles. The topological polar surface area (TPSA) is 47.9 Å². The molecular formula is C8H7N3OS. The summed E-state index contributed by atoms with van der Waals surface area (Å²) < 4.78 is 9.10. The largest absolute Gasteiger partial charge is 0.481 e. The van der Waals surface area contributed by atoms with E-state index < -0.39 is 0 Å². The zero-order valence-corrected chi connectivity index (χ0v) is 7.78. The van der Waals surface area contributed by atoms with Crippen LogP contribution in [-0.2, 0) is 0 Å². The second kappa shape index (κ2) is 3.49. The van der Waals surface area contributed by atoms with Gasteiger partial charge in [0.15, 0.2) is 5.82 Å². The summed E-state index contributed by atoms with van der Waals surface area (Å²) in [6.45, 7) is 0. The molecule has 0 saturated carbocycles. The van der Waals surface area contributed by atoms with Crippen LogP contribution in [0, 0.1) is 0 Å². The average Bonchev–Trinajstić information content (AvgIpc) is 2.71. The van der Waals surface area contributed by atoms with Gasteiger partial charge in [-0.15, -0.1) is 0 Å². The summed E-state index contributed by atoms with van der Waals surface area (Å²) in [5, 5.41) is 0. The van der Waals surface area contributed by atoms with E-state index in [1.807, 2.05) is 12.1 Å². The molecule has 0 aliphatic carbocycles. The molecule has 0 aliphatic rings. The molecule has 0 aliphatic heterocycles. The summed E-state index contributed by atoms with van der Waals surface area (Å²) >= 11 is 1.33. The average molecular weight is 193 g/mol. The Hall–Kier alpha value is -1.49. The van der Waals surface area contributed by atoms with E-state index in [1.165, 1.54) is 11.5 Å². The maximum atomic E-state index is 4.99. The van der Waals surface area contributed by atoms with Crippen LogP contribution in [0.5, 0.6) is 5.88 Å². The van der Waals surface area contributed by atoms with Crippen LogP contribution in [0.2, 0.25) is 0 Å². The van der Waals surface area contributed by atoms with Gasteiger partial charge in [-0.05, 0) is 17.6 Å². The van der Waals surface area contributed by atoms with E-state index in [9.17, 15) is 0 Å².